The number of aryl methyl sites for hydroxylation is 1. The number of carbonyl (C=O) groups is 1. The Morgan fingerprint density at radius 1 is 1.09 bits per heavy atom. The van der Waals surface area contributed by atoms with Crippen LogP contribution in [0.1, 0.15) is 56.1 Å². The third-order valence-electron chi connectivity index (χ3n) is 8.73. The number of rotatable bonds is 3. The molecule has 3 aliphatic carbocycles. The van der Waals surface area contributed by atoms with E-state index in [1.54, 1.807) is 6.07 Å². The lowest BCUT2D eigenvalue weighted by Gasteiger charge is -2.51. The van der Waals surface area contributed by atoms with E-state index in [9.17, 15) is 30.3 Å². The number of phenolic OH excluding ortho intramolecular Hbond substituents is 1. The smallest absolute Gasteiger partial charge is 0.335 e. The van der Waals surface area contributed by atoms with E-state index in [4.69, 9.17) is 9.47 Å². The van der Waals surface area contributed by atoms with E-state index in [-0.39, 0.29) is 11.5 Å². The number of hydrogen-bond acceptors (Lipinski definition) is 7. The molecule has 0 spiro atoms. The molecule has 2 saturated carbocycles. The molecule has 3 fully saturated rings. The average Bonchev–Trinajstić information content (AvgIpc) is 3.09. The molecule has 4 aliphatic rings. The number of ether oxygens (including phenoxy) is 2. The minimum Gasteiger partial charge on any atom is -0.508 e. The second-order valence-electron chi connectivity index (χ2n) is 10.3. The Balaban J connectivity index is 1.34. The number of aliphatic carboxylic acids is 1. The van der Waals surface area contributed by atoms with Gasteiger partial charge >= 0.3 is 5.97 Å². The van der Waals surface area contributed by atoms with Gasteiger partial charge in [-0.05, 0) is 85.0 Å². The zero-order chi connectivity index (χ0) is 22.8. The van der Waals surface area contributed by atoms with Gasteiger partial charge in [0.1, 0.15) is 24.1 Å². The fourth-order valence-electron chi connectivity index (χ4n) is 7.07. The van der Waals surface area contributed by atoms with E-state index < -0.39 is 36.7 Å². The van der Waals surface area contributed by atoms with Crippen molar-refractivity contribution in [2.75, 3.05) is 0 Å². The van der Waals surface area contributed by atoms with Crippen LogP contribution in [0.5, 0.6) is 5.75 Å². The van der Waals surface area contributed by atoms with Crippen molar-refractivity contribution < 1.29 is 39.8 Å². The topological polar surface area (TPSA) is 137 Å². The number of phenols is 1. The number of fused-ring (bicyclic) bond motifs is 5. The molecule has 1 aromatic carbocycles. The highest BCUT2D eigenvalue weighted by Crippen LogP contribution is 2.61. The molecule has 1 saturated heterocycles. The summed E-state index contributed by atoms with van der Waals surface area (Å²) in [6.45, 7) is 2.22. The van der Waals surface area contributed by atoms with Crippen molar-refractivity contribution in [2.45, 2.75) is 88.2 Å². The first-order chi connectivity index (χ1) is 15.2. The van der Waals surface area contributed by atoms with E-state index in [1.807, 2.05) is 6.07 Å². The normalized spacial score (nSPS) is 45.6. The lowest BCUT2D eigenvalue weighted by molar-refractivity contribution is -0.312. The van der Waals surface area contributed by atoms with Crippen LogP contribution in [0.3, 0.4) is 0 Å². The number of hydrogen-bond donors (Lipinski definition) is 5. The predicted octanol–water partition coefficient (Wildman–Crippen LogP) is 1.53. The molecule has 1 heterocycles. The van der Waals surface area contributed by atoms with Crippen LogP contribution < -0.4 is 0 Å². The average molecular weight is 449 g/mol. The molecule has 10 atom stereocenters. The third-order valence-corrected chi connectivity index (χ3v) is 8.73. The van der Waals surface area contributed by atoms with Gasteiger partial charge in [0.2, 0.25) is 0 Å². The zero-order valence-corrected chi connectivity index (χ0v) is 18.1. The molecule has 1 aliphatic heterocycles. The SMILES string of the molecule is C[C@]12CC[C@@H]3c4ccc(O)cc4CC[C@H]3[C@@H]1CC[C@@H]2O[C@@H]1O[C@H](C(=O)O)C(O)[C@H](O)C1O. The summed E-state index contributed by atoms with van der Waals surface area (Å²) in [5.74, 6) is 0.312. The molecular formula is C24H32O8. The minimum atomic E-state index is -1.72. The maximum absolute atomic E-state index is 11.4. The number of benzene rings is 1. The van der Waals surface area contributed by atoms with Gasteiger partial charge in [-0.2, -0.15) is 0 Å². The minimum absolute atomic E-state index is 0.140. The van der Waals surface area contributed by atoms with Gasteiger partial charge in [-0.3, -0.25) is 0 Å². The van der Waals surface area contributed by atoms with Gasteiger partial charge in [0, 0.05) is 0 Å². The molecule has 0 bridgehead atoms. The molecule has 0 radical (unpaired) electrons. The summed E-state index contributed by atoms with van der Waals surface area (Å²) in [4.78, 5) is 11.4. The third kappa shape index (κ3) is 3.35. The summed E-state index contributed by atoms with van der Waals surface area (Å²) in [5, 5.41) is 49.6. The van der Waals surface area contributed by atoms with E-state index >= 15 is 0 Å². The van der Waals surface area contributed by atoms with Crippen LogP contribution in [0.2, 0.25) is 0 Å². The van der Waals surface area contributed by atoms with E-state index in [2.05, 4.69) is 13.0 Å². The fraction of sp³-hybridized carbons (Fsp3) is 0.708. The highest BCUT2D eigenvalue weighted by atomic mass is 16.7. The molecule has 5 N–H and O–H groups in total. The monoisotopic (exact) mass is 448 g/mol. The summed E-state index contributed by atoms with van der Waals surface area (Å²) >= 11 is 0. The quantitative estimate of drug-likeness (QED) is 0.470. The number of aromatic hydroxyl groups is 1. The van der Waals surface area contributed by atoms with Gasteiger partial charge < -0.3 is 35.0 Å². The molecule has 32 heavy (non-hydrogen) atoms. The lowest BCUT2D eigenvalue weighted by atomic mass is 9.55. The van der Waals surface area contributed by atoms with E-state index in [0.717, 1.165) is 38.5 Å². The predicted molar refractivity (Wildman–Crippen MR) is 112 cm³/mol. The van der Waals surface area contributed by atoms with Crippen molar-refractivity contribution in [3.05, 3.63) is 29.3 Å². The van der Waals surface area contributed by atoms with Crippen molar-refractivity contribution >= 4 is 5.97 Å². The highest BCUT2D eigenvalue weighted by Gasteiger charge is 2.57. The van der Waals surface area contributed by atoms with Crippen LogP contribution in [0, 0.1) is 17.3 Å². The van der Waals surface area contributed by atoms with Crippen molar-refractivity contribution in [3.63, 3.8) is 0 Å². The number of aliphatic hydroxyl groups is 3. The molecule has 1 aromatic rings. The molecule has 0 aromatic heterocycles. The van der Waals surface area contributed by atoms with Gasteiger partial charge in [0.15, 0.2) is 12.4 Å². The van der Waals surface area contributed by atoms with Crippen molar-refractivity contribution in [1.29, 1.82) is 0 Å². The standard InChI is InChI=1S/C24H32O8/c1-24-9-8-14-13-5-3-12(25)10-11(13)2-4-15(14)16(24)6-7-17(24)31-23-20(28)18(26)19(27)21(32-23)22(29)30/h3,5,10,14-21,23,25-28H,2,4,6-9H2,1H3,(H,29,30)/t14-,15-,16+,17+,18+,19?,20?,21+,23-,24+/m1/s1. The molecule has 2 unspecified atom stereocenters. The first-order valence-corrected chi connectivity index (χ1v) is 11.6. The van der Waals surface area contributed by atoms with E-state index in [1.165, 1.54) is 11.1 Å². The summed E-state index contributed by atoms with van der Waals surface area (Å²) in [6.07, 6.45) is -2.38. The van der Waals surface area contributed by atoms with Gasteiger partial charge in [0.05, 0.1) is 6.10 Å². The number of aliphatic hydroxyl groups excluding tert-OH is 3. The van der Waals surface area contributed by atoms with Gasteiger partial charge in [0.25, 0.3) is 0 Å². The summed E-state index contributed by atoms with van der Waals surface area (Å²) in [7, 11) is 0. The molecular weight excluding hydrogens is 416 g/mol. The van der Waals surface area contributed by atoms with Crippen LogP contribution in [0.25, 0.3) is 0 Å². The first-order valence-electron chi connectivity index (χ1n) is 11.6. The van der Waals surface area contributed by atoms with Gasteiger partial charge in [-0.1, -0.05) is 13.0 Å². The Labute approximate surface area is 186 Å². The first kappa shape index (κ1) is 22.1. The van der Waals surface area contributed by atoms with Crippen molar-refractivity contribution in [1.82, 2.24) is 0 Å². The van der Waals surface area contributed by atoms with Crippen LogP contribution in [-0.2, 0) is 20.7 Å². The second kappa shape index (κ2) is 7.95. The van der Waals surface area contributed by atoms with Crippen LogP contribution in [-0.4, -0.2) is 68.3 Å². The Morgan fingerprint density at radius 2 is 1.88 bits per heavy atom. The summed E-state index contributed by atoms with van der Waals surface area (Å²) in [6, 6.07) is 5.73. The molecule has 8 nitrogen and oxygen atoms in total. The van der Waals surface area contributed by atoms with Crippen LogP contribution in [0.4, 0.5) is 0 Å². The van der Waals surface area contributed by atoms with Gasteiger partial charge in [-0.15, -0.1) is 0 Å². The summed E-state index contributed by atoms with van der Waals surface area (Å²) in [5.41, 5.74) is 2.45. The lowest BCUT2D eigenvalue weighted by Crippen LogP contribution is -2.61. The largest absolute Gasteiger partial charge is 0.508 e. The molecule has 8 heteroatoms. The maximum atomic E-state index is 11.4. The Hall–Kier alpha value is -1.71. The summed E-state index contributed by atoms with van der Waals surface area (Å²) < 4.78 is 11.5. The fourth-order valence-corrected chi connectivity index (χ4v) is 7.07. The molecule has 5 rings (SSSR count). The maximum Gasteiger partial charge on any atom is 0.335 e. The van der Waals surface area contributed by atoms with Crippen molar-refractivity contribution in [3.8, 4) is 5.75 Å². The second-order valence-corrected chi connectivity index (χ2v) is 10.3. The Kier molecular flexibility index (Phi) is 5.49. The Morgan fingerprint density at radius 3 is 2.62 bits per heavy atom. The Bertz CT molecular complexity index is 889. The molecule has 0 amide bonds. The van der Waals surface area contributed by atoms with E-state index in [0.29, 0.717) is 23.5 Å². The number of carboxylic acid groups (broad SMARTS) is 1. The molecule has 176 valence electrons. The van der Waals surface area contributed by atoms with Crippen LogP contribution >= 0.6 is 0 Å². The van der Waals surface area contributed by atoms with Gasteiger partial charge in [-0.25, -0.2) is 4.79 Å². The highest BCUT2D eigenvalue weighted by molar-refractivity contribution is 5.73. The van der Waals surface area contributed by atoms with Crippen molar-refractivity contribution in [2.24, 2.45) is 17.3 Å². The number of carboxylic acids is 1. The zero-order valence-electron chi connectivity index (χ0n) is 18.1. The van der Waals surface area contributed by atoms with Crippen LogP contribution in [0.15, 0.2) is 18.2 Å².